The fraction of sp³-hybridized carbons (Fsp3) is 0.227. The van der Waals surface area contributed by atoms with Crippen LogP contribution in [-0.2, 0) is 16.1 Å². The third kappa shape index (κ3) is 7.14. The monoisotopic (exact) mass is 396 g/mol. The minimum Gasteiger partial charge on any atom is -0.434 e. The Labute approximate surface area is 169 Å². The van der Waals surface area contributed by atoms with Crippen molar-refractivity contribution in [3.05, 3.63) is 71.8 Å². The summed E-state index contributed by atoms with van der Waals surface area (Å²) in [6, 6.07) is 13.3. The van der Waals surface area contributed by atoms with Crippen molar-refractivity contribution in [2.24, 2.45) is 0 Å². The van der Waals surface area contributed by atoms with Crippen molar-refractivity contribution >= 4 is 23.7 Å². The summed E-state index contributed by atoms with van der Waals surface area (Å²) in [4.78, 5) is 35.6. The number of allylic oxidation sites excluding steroid dienone is 1. The Morgan fingerprint density at radius 2 is 1.72 bits per heavy atom. The number of rotatable bonds is 8. The molecule has 0 saturated carbocycles. The summed E-state index contributed by atoms with van der Waals surface area (Å²) in [5, 5.41) is 5.62. The predicted molar refractivity (Wildman–Crippen MR) is 110 cm³/mol. The first-order chi connectivity index (χ1) is 14.0. The Morgan fingerprint density at radius 3 is 2.41 bits per heavy atom. The van der Waals surface area contributed by atoms with Gasteiger partial charge in [0.05, 0.1) is 6.61 Å². The second kappa shape index (κ2) is 11.3. The Bertz CT molecular complexity index is 875. The molecule has 0 bridgehead atoms. The fourth-order valence-electron chi connectivity index (χ4n) is 2.37. The molecule has 0 spiro atoms. The number of benzene rings is 2. The lowest BCUT2D eigenvalue weighted by molar-refractivity contribution is -0.116. The van der Waals surface area contributed by atoms with Gasteiger partial charge in [-0.2, -0.15) is 0 Å². The molecule has 2 rings (SSSR count). The first-order valence-corrected chi connectivity index (χ1v) is 9.31. The molecular weight excluding hydrogens is 372 g/mol. The molecule has 0 fully saturated rings. The lowest BCUT2D eigenvalue weighted by Crippen LogP contribution is -2.22. The molecular formula is C22H24N2O5. The van der Waals surface area contributed by atoms with Crippen LogP contribution in [0.5, 0.6) is 5.75 Å². The molecule has 0 aliphatic heterocycles. The quantitative estimate of drug-likeness (QED) is 0.399. The number of anilines is 1. The number of para-hydroxylation sites is 1. The van der Waals surface area contributed by atoms with Crippen LogP contribution in [-0.4, -0.2) is 24.6 Å². The molecule has 0 radical (unpaired) electrons. The maximum atomic E-state index is 12.5. The highest BCUT2D eigenvalue weighted by Crippen LogP contribution is 2.18. The van der Waals surface area contributed by atoms with Crippen molar-refractivity contribution < 1.29 is 23.9 Å². The SMILES string of the molecule is CC/C=C/C(=O)NCc1ccccc1NC(=O)c1ccc(OC(=O)OCC)cc1. The van der Waals surface area contributed by atoms with Crippen molar-refractivity contribution in [1.29, 1.82) is 0 Å². The van der Waals surface area contributed by atoms with Gasteiger partial charge >= 0.3 is 6.16 Å². The third-order valence-corrected chi connectivity index (χ3v) is 3.80. The van der Waals surface area contributed by atoms with E-state index in [2.05, 4.69) is 10.6 Å². The highest BCUT2D eigenvalue weighted by atomic mass is 16.7. The standard InChI is InChI=1S/C22H24N2O5/c1-3-5-10-20(25)23-15-17-8-6-7-9-19(17)24-21(26)16-11-13-18(14-12-16)29-22(27)28-4-2/h5-14H,3-4,15H2,1-2H3,(H,23,25)(H,24,26)/b10-5+. The van der Waals surface area contributed by atoms with Gasteiger partial charge in [0.1, 0.15) is 5.75 Å². The number of hydrogen-bond acceptors (Lipinski definition) is 5. The van der Waals surface area contributed by atoms with Crippen LogP contribution >= 0.6 is 0 Å². The Kier molecular flexibility index (Phi) is 8.44. The predicted octanol–water partition coefficient (Wildman–Crippen LogP) is 4.06. The average molecular weight is 396 g/mol. The lowest BCUT2D eigenvalue weighted by atomic mass is 10.1. The second-order valence-electron chi connectivity index (χ2n) is 5.95. The minimum absolute atomic E-state index is 0.190. The topological polar surface area (TPSA) is 93.7 Å². The van der Waals surface area contributed by atoms with Crippen molar-refractivity contribution in [2.45, 2.75) is 26.8 Å². The summed E-state index contributed by atoms with van der Waals surface area (Å²) in [5.41, 5.74) is 1.77. The van der Waals surface area contributed by atoms with Gasteiger partial charge in [0.2, 0.25) is 5.91 Å². The van der Waals surface area contributed by atoms with Crippen LogP contribution in [0.2, 0.25) is 0 Å². The van der Waals surface area contributed by atoms with E-state index in [-0.39, 0.29) is 30.7 Å². The molecule has 0 aliphatic rings. The van der Waals surface area contributed by atoms with Crippen LogP contribution in [0.15, 0.2) is 60.7 Å². The Morgan fingerprint density at radius 1 is 1.00 bits per heavy atom. The largest absolute Gasteiger partial charge is 0.513 e. The molecule has 0 heterocycles. The molecule has 29 heavy (non-hydrogen) atoms. The third-order valence-electron chi connectivity index (χ3n) is 3.80. The molecule has 2 aromatic carbocycles. The molecule has 7 heteroatoms. The molecule has 2 N–H and O–H groups in total. The number of ether oxygens (including phenoxy) is 2. The van der Waals surface area contributed by atoms with Gasteiger partial charge < -0.3 is 20.1 Å². The highest BCUT2D eigenvalue weighted by molar-refractivity contribution is 6.04. The van der Waals surface area contributed by atoms with E-state index in [1.54, 1.807) is 37.3 Å². The van der Waals surface area contributed by atoms with E-state index in [9.17, 15) is 14.4 Å². The van der Waals surface area contributed by atoms with E-state index in [1.165, 1.54) is 18.2 Å². The zero-order valence-corrected chi connectivity index (χ0v) is 16.4. The zero-order chi connectivity index (χ0) is 21.1. The van der Waals surface area contributed by atoms with Gasteiger partial charge in [0.25, 0.3) is 5.91 Å². The summed E-state index contributed by atoms with van der Waals surface area (Å²) in [5.74, 6) is -0.231. The van der Waals surface area contributed by atoms with Gasteiger partial charge in [0.15, 0.2) is 0 Å². The fourth-order valence-corrected chi connectivity index (χ4v) is 2.37. The van der Waals surface area contributed by atoms with Crippen LogP contribution in [0, 0.1) is 0 Å². The normalized spacial score (nSPS) is 10.4. The molecule has 0 atom stereocenters. The van der Waals surface area contributed by atoms with Crippen LogP contribution < -0.4 is 15.4 Å². The highest BCUT2D eigenvalue weighted by Gasteiger charge is 2.11. The Hall–Kier alpha value is -3.61. The van der Waals surface area contributed by atoms with Gasteiger partial charge in [-0.3, -0.25) is 9.59 Å². The van der Waals surface area contributed by atoms with E-state index < -0.39 is 6.16 Å². The van der Waals surface area contributed by atoms with Crippen molar-refractivity contribution in [3.63, 3.8) is 0 Å². The second-order valence-corrected chi connectivity index (χ2v) is 5.95. The van der Waals surface area contributed by atoms with E-state index >= 15 is 0 Å². The molecule has 0 unspecified atom stereocenters. The molecule has 152 valence electrons. The molecule has 2 amide bonds. The smallest absolute Gasteiger partial charge is 0.434 e. The zero-order valence-electron chi connectivity index (χ0n) is 16.4. The van der Waals surface area contributed by atoms with Crippen LogP contribution in [0.1, 0.15) is 36.2 Å². The van der Waals surface area contributed by atoms with Crippen molar-refractivity contribution in [2.75, 3.05) is 11.9 Å². The number of amides is 2. The first-order valence-electron chi connectivity index (χ1n) is 9.31. The van der Waals surface area contributed by atoms with Crippen LogP contribution in [0.25, 0.3) is 0 Å². The average Bonchev–Trinajstić information content (AvgIpc) is 2.72. The van der Waals surface area contributed by atoms with Gasteiger partial charge in [-0.15, -0.1) is 0 Å². The van der Waals surface area contributed by atoms with Crippen LogP contribution in [0.3, 0.4) is 0 Å². The summed E-state index contributed by atoms with van der Waals surface area (Å²) in [6.45, 7) is 4.13. The summed E-state index contributed by atoms with van der Waals surface area (Å²) >= 11 is 0. The van der Waals surface area contributed by atoms with Gasteiger partial charge in [0, 0.05) is 17.8 Å². The number of carbonyl (C=O) groups is 3. The van der Waals surface area contributed by atoms with E-state index in [1.807, 2.05) is 19.1 Å². The number of carbonyl (C=O) groups excluding carboxylic acids is 3. The first kappa shape index (κ1) is 21.7. The molecule has 7 nitrogen and oxygen atoms in total. The van der Waals surface area contributed by atoms with E-state index in [0.29, 0.717) is 11.3 Å². The number of nitrogens with one attached hydrogen (secondary N) is 2. The van der Waals surface area contributed by atoms with Gasteiger partial charge in [-0.1, -0.05) is 31.2 Å². The van der Waals surface area contributed by atoms with Gasteiger partial charge in [-0.25, -0.2) is 4.79 Å². The Balaban J connectivity index is 2.00. The summed E-state index contributed by atoms with van der Waals surface area (Å²) in [7, 11) is 0. The maximum absolute atomic E-state index is 12.5. The lowest BCUT2D eigenvalue weighted by Gasteiger charge is -2.12. The number of hydrogen-bond donors (Lipinski definition) is 2. The van der Waals surface area contributed by atoms with Crippen LogP contribution in [0.4, 0.5) is 10.5 Å². The molecule has 0 aromatic heterocycles. The van der Waals surface area contributed by atoms with E-state index in [0.717, 1.165) is 12.0 Å². The molecule has 0 aliphatic carbocycles. The molecule has 0 saturated heterocycles. The molecule has 2 aromatic rings. The minimum atomic E-state index is -0.797. The summed E-state index contributed by atoms with van der Waals surface area (Å²) in [6.07, 6.45) is 3.25. The van der Waals surface area contributed by atoms with Crippen molar-refractivity contribution in [1.82, 2.24) is 5.32 Å². The van der Waals surface area contributed by atoms with Gasteiger partial charge in [-0.05, 0) is 55.3 Å². The van der Waals surface area contributed by atoms with Crippen molar-refractivity contribution in [3.8, 4) is 5.75 Å². The van der Waals surface area contributed by atoms with E-state index in [4.69, 9.17) is 9.47 Å². The summed E-state index contributed by atoms with van der Waals surface area (Å²) < 4.78 is 9.67. The maximum Gasteiger partial charge on any atom is 0.513 e.